The highest BCUT2D eigenvalue weighted by Gasteiger charge is 2.24. The molecule has 9 heavy (non-hydrogen) atoms. The van der Waals surface area contributed by atoms with E-state index in [4.69, 9.17) is 4.74 Å². The summed E-state index contributed by atoms with van der Waals surface area (Å²) < 4.78 is 5.48. The predicted molar refractivity (Wildman–Crippen MR) is 38.5 cm³/mol. The molecule has 2 rings (SSSR count). The normalized spacial score (nSPS) is 26.7. The van der Waals surface area contributed by atoms with Gasteiger partial charge in [-0.1, -0.05) is 0 Å². The van der Waals surface area contributed by atoms with E-state index in [1.165, 1.54) is 25.7 Å². The first-order chi connectivity index (χ1) is 4.45. The highest BCUT2D eigenvalue weighted by molar-refractivity contribution is 4.75. The fourth-order valence-corrected chi connectivity index (χ4v) is 0.970. The molecule has 1 nitrogen and oxygen atoms in total. The molecule has 2 aliphatic rings. The lowest BCUT2D eigenvalue weighted by molar-refractivity contribution is 0.115. The third kappa shape index (κ3) is 1.98. The van der Waals surface area contributed by atoms with Gasteiger partial charge in [0.1, 0.15) is 0 Å². The first-order valence-corrected chi connectivity index (χ1v) is 4.03. The Kier molecular flexibility index (Phi) is 1.46. The van der Waals surface area contributed by atoms with Crippen LogP contribution in [0.15, 0.2) is 0 Å². The van der Waals surface area contributed by atoms with Crippen LogP contribution in [0.25, 0.3) is 0 Å². The van der Waals surface area contributed by atoms with Crippen LogP contribution in [0.5, 0.6) is 0 Å². The maximum atomic E-state index is 5.48. The summed E-state index contributed by atoms with van der Waals surface area (Å²) in [5.74, 6) is 1.90. The summed E-state index contributed by atoms with van der Waals surface area (Å²) in [6.45, 7) is 2.10. The maximum Gasteiger partial charge on any atom is 1.00 e. The summed E-state index contributed by atoms with van der Waals surface area (Å²) in [6.07, 6.45) is 5.69. The Balaban J connectivity index is 0.000000500. The monoisotopic (exact) mass is 128 g/mol. The zero-order valence-corrected chi connectivity index (χ0v) is 5.81. The summed E-state index contributed by atoms with van der Waals surface area (Å²) in [7, 11) is 0. The van der Waals surface area contributed by atoms with Crippen molar-refractivity contribution >= 4 is 0 Å². The van der Waals surface area contributed by atoms with Gasteiger partial charge in [0.2, 0.25) is 0 Å². The SMILES string of the molecule is C1CC1COCC1CC1.[H+].[H+]. The van der Waals surface area contributed by atoms with E-state index in [1.54, 1.807) is 0 Å². The average molecular weight is 128 g/mol. The van der Waals surface area contributed by atoms with Crippen LogP contribution < -0.4 is 0 Å². The van der Waals surface area contributed by atoms with Crippen LogP contribution in [0.3, 0.4) is 0 Å². The van der Waals surface area contributed by atoms with Crippen molar-refractivity contribution in [1.82, 2.24) is 0 Å². The van der Waals surface area contributed by atoms with Gasteiger partial charge in [-0.25, -0.2) is 0 Å². The summed E-state index contributed by atoms with van der Waals surface area (Å²) in [6, 6.07) is 0. The Hall–Kier alpha value is -0.0400. The molecule has 0 radical (unpaired) electrons. The molecule has 52 valence electrons. The van der Waals surface area contributed by atoms with Crippen molar-refractivity contribution in [2.45, 2.75) is 25.7 Å². The van der Waals surface area contributed by atoms with Gasteiger partial charge in [-0.15, -0.1) is 0 Å². The highest BCUT2D eigenvalue weighted by Crippen LogP contribution is 2.32. The molecule has 2 saturated carbocycles. The Bertz CT molecular complexity index is 88.3. The third-order valence-electron chi connectivity index (χ3n) is 2.10. The van der Waals surface area contributed by atoms with E-state index in [0.29, 0.717) is 0 Å². The smallest absolute Gasteiger partial charge is 0.381 e. The number of hydrogen-bond donors (Lipinski definition) is 0. The molecule has 0 atom stereocenters. The van der Waals surface area contributed by atoms with E-state index < -0.39 is 0 Å². The van der Waals surface area contributed by atoms with E-state index in [0.717, 1.165) is 25.0 Å². The molecule has 0 N–H and O–H groups in total. The zero-order chi connectivity index (χ0) is 6.10. The van der Waals surface area contributed by atoms with Crippen LogP contribution in [0, 0.1) is 11.8 Å². The second-order valence-corrected chi connectivity index (χ2v) is 3.42. The fraction of sp³-hybridized carbons (Fsp3) is 1.00. The van der Waals surface area contributed by atoms with Crippen molar-refractivity contribution in [3.05, 3.63) is 0 Å². The Labute approximate surface area is 59.4 Å². The summed E-state index contributed by atoms with van der Waals surface area (Å²) in [4.78, 5) is 0. The first kappa shape index (κ1) is 5.72. The highest BCUT2D eigenvalue weighted by atomic mass is 16.5. The van der Waals surface area contributed by atoms with Crippen LogP contribution in [-0.4, -0.2) is 13.2 Å². The molecule has 0 aromatic carbocycles. The van der Waals surface area contributed by atoms with Crippen molar-refractivity contribution in [1.29, 1.82) is 0 Å². The predicted octanol–water partition coefficient (Wildman–Crippen LogP) is 2.05. The lowest BCUT2D eigenvalue weighted by Gasteiger charge is -1.98. The van der Waals surface area contributed by atoms with Crippen molar-refractivity contribution in [2.75, 3.05) is 13.2 Å². The average Bonchev–Trinajstić information content (AvgIpc) is 2.57. The Morgan fingerprint density at radius 2 is 1.44 bits per heavy atom. The molecular formula is C8H16O+2. The van der Waals surface area contributed by atoms with Gasteiger partial charge in [0.05, 0.1) is 0 Å². The van der Waals surface area contributed by atoms with Gasteiger partial charge < -0.3 is 4.74 Å². The van der Waals surface area contributed by atoms with Crippen molar-refractivity contribution in [3.63, 3.8) is 0 Å². The molecule has 0 aliphatic heterocycles. The van der Waals surface area contributed by atoms with Gasteiger partial charge in [0.15, 0.2) is 0 Å². The molecule has 0 spiro atoms. The van der Waals surface area contributed by atoms with Crippen molar-refractivity contribution in [3.8, 4) is 0 Å². The van der Waals surface area contributed by atoms with Crippen LogP contribution >= 0.6 is 0 Å². The molecule has 0 heterocycles. The van der Waals surface area contributed by atoms with E-state index in [1.807, 2.05) is 0 Å². The molecule has 0 amide bonds. The van der Waals surface area contributed by atoms with E-state index in [-0.39, 0.29) is 2.85 Å². The summed E-state index contributed by atoms with van der Waals surface area (Å²) >= 11 is 0. The van der Waals surface area contributed by atoms with E-state index in [2.05, 4.69) is 0 Å². The Morgan fingerprint density at radius 3 is 1.78 bits per heavy atom. The van der Waals surface area contributed by atoms with Gasteiger partial charge in [0.25, 0.3) is 0 Å². The molecular weight excluding hydrogens is 112 g/mol. The number of ether oxygens (including phenoxy) is 1. The lowest BCUT2D eigenvalue weighted by atomic mass is 10.4. The quantitative estimate of drug-likeness (QED) is 0.563. The second-order valence-electron chi connectivity index (χ2n) is 3.42. The van der Waals surface area contributed by atoms with Gasteiger partial charge in [-0.2, -0.15) is 0 Å². The Morgan fingerprint density at radius 1 is 1.00 bits per heavy atom. The molecule has 0 aromatic heterocycles. The van der Waals surface area contributed by atoms with E-state index >= 15 is 0 Å². The molecule has 0 bridgehead atoms. The maximum absolute atomic E-state index is 5.48. The topological polar surface area (TPSA) is 9.23 Å². The van der Waals surface area contributed by atoms with Gasteiger partial charge in [-0.3, -0.25) is 0 Å². The largest absolute Gasteiger partial charge is 1.00 e. The zero-order valence-electron chi connectivity index (χ0n) is 7.81. The minimum Gasteiger partial charge on any atom is -0.381 e. The second kappa shape index (κ2) is 2.30. The molecule has 2 aliphatic carbocycles. The van der Waals surface area contributed by atoms with Gasteiger partial charge in [-0.05, 0) is 37.5 Å². The van der Waals surface area contributed by atoms with Crippen LogP contribution in [0.1, 0.15) is 28.5 Å². The number of hydrogen-bond acceptors (Lipinski definition) is 1. The number of rotatable bonds is 4. The fourth-order valence-electron chi connectivity index (χ4n) is 0.970. The minimum absolute atomic E-state index is 0. The third-order valence-corrected chi connectivity index (χ3v) is 2.10. The standard InChI is InChI=1S/C8H14O/c1-2-7(1)5-9-6-8-3-4-8/h7-8H,1-6H2/p+2. The van der Waals surface area contributed by atoms with Crippen LogP contribution in [0.2, 0.25) is 0 Å². The molecule has 2 fully saturated rings. The lowest BCUT2D eigenvalue weighted by Crippen LogP contribution is -1.99. The minimum atomic E-state index is 0. The first-order valence-electron chi connectivity index (χ1n) is 4.03. The van der Waals surface area contributed by atoms with Gasteiger partial charge in [0, 0.05) is 13.2 Å². The van der Waals surface area contributed by atoms with Crippen molar-refractivity contribution < 1.29 is 7.59 Å². The molecule has 1 heteroatoms. The van der Waals surface area contributed by atoms with Gasteiger partial charge >= 0.3 is 2.85 Å². The summed E-state index contributed by atoms with van der Waals surface area (Å²) in [5.41, 5.74) is 0. The molecule has 0 aromatic rings. The van der Waals surface area contributed by atoms with Crippen molar-refractivity contribution in [2.24, 2.45) is 11.8 Å². The van der Waals surface area contributed by atoms with E-state index in [9.17, 15) is 0 Å². The van der Waals surface area contributed by atoms with Crippen LogP contribution in [0.4, 0.5) is 0 Å². The van der Waals surface area contributed by atoms with Crippen LogP contribution in [-0.2, 0) is 4.74 Å². The molecule has 0 unspecified atom stereocenters. The summed E-state index contributed by atoms with van der Waals surface area (Å²) in [5, 5.41) is 0. The molecule has 0 saturated heterocycles.